The molecule has 6 heteroatoms. The lowest BCUT2D eigenvalue weighted by atomic mass is 10.2. The Morgan fingerprint density at radius 2 is 1.96 bits per heavy atom. The van der Waals surface area contributed by atoms with Crippen LogP contribution in [-0.4, -0.2) is 25.2 Å². The molecule has 24 heavy (non-hydrogen) atoms. The summed E-state index contributed by atoms with van der Waals surface area (Å²) >= 11 is 0. The van der Waals surface area contributed by atoms with E-state index in [1.54, 1.807) is 16.9 Å². The molecule has 124 valence electrons. The van der Waals surface area contributed by atoms with Crippen LogP contribution in [0.3, 0.4) is 0 Å². The molecule has 0 saturated carbocycles. The van der Waals surface area contributed by atoms with Gasteiger partial charge in [-0.05, 0) is 44.5 Å². The van der Waals surface area contributed by atoms with E-state index in [4.69, 9.17) is 0 Å². The van der Waals surface area contributed by atoms with Gasteiger partial charge in [-0.25, -0.2) is 4.98 Å². The van der Waals surface area contributed by atoms with Crippen molar-refractivity contribution >= 4 is 11.6 Å². The largest absolute Gasteiger partial charge is 0.331 e. The third-order valence-corrected chi connectivity index (χ3v) is 3.92. The maximum atomic E-state index is 12.4. The number of hydrogen-bond acceptors (Lipinski definition) is 3. The van der Waals surface area contributed by atoms with E-state index in [0.29, 0.717) is 12.2 Å². The van der Waals surface area contributed by atoms with Crippen LogP contribution in [-0.2, 0) is 13.1 Å². The molecule has 0 saturated heterocycles. The van der Waals surface area contributed by atoms with Gasteiger partial charge in [0.05, 0.1) is 5.69 Å². The Morgan fingerprint density at radius 1 is 1.21 bits per heavy atom. The zero-order chi connectivity index (χ0) is 17.1. The van der Waals surface area contributed by atoms with Crippen LogP contribution in [0.25, 0.3) is 0 Å². The third kappa shape index (κ3) is 3.37. The van der Waals surface area contributed by atoms with Crippen molar-refractivity contribution in [3.8, 4) is 0 Å². The summed E-state index contributed by atoms with van der Waals surface area (Å²) in [5.41, 5.74) is 3.34. The lowest BCUT2D eigenvalue weighted by molar-refractivity contribution is 0.101. The Balaban J connectivity index is 1.69. The number of aromatic nitrogens is 4. The third-order valence-electron chi connectivity index (χ3n) is 3.92. The second kappa shape index (κ2) is 6.70. The van der Waals surface area contributed by atoms with Gasteiger partial charge in [-0.3, -0.25) is 9.48 Å². The number of nitrogens with one attached hydrogen (secondary N) is 1. The highest BCUT2D eigenvalue weighted by Gasteiger charge is 2.13. The Bertz CT molecular complexity index is 845. The SMILES string of the molecule is CCn1nc(C)cc1C(=O)Nc1ccc(Cn2ccnc2C)cc1. The normalized spacial score (nSPS) is 10.8. The second-order valence-corrected chi connectivity index (χ2v) is 5.74. The topological polar surface area (TPSA) is 64.7 Å². The first-order chi connectivity index (χ1) is 11.6. The summed E-state index contributed by atoms with van der Waals surface area (Å²) in [6, 6.07) is 9.65. The van der Waals surface area contributed by atoms with Gasteiger partial charge in [0.2, 0.25) is 0 Å². The van der Waals surface area contributed by atoms with E-state index in [0.717, 1.165) is 29.3 Å². The van der Waals surface area contributed by atoms with Gasteiger partial charge in [0.1, 0.15) is 11.5 Å². The van der Waals surface area contributed by atoms with Crippen LogP contribution >= 0.6 is 0 Å². The van der Waals surface area contributed by atoms with E-state index >= 15 is 0 Å². The molecular weight excluding hydrogens is 302 g/mol. The van der Waals surface area contributed by atoms with Crippen molar-refractivity contribution in [2.75, 3.05) is 5.32 Å². The first-order valence-electron chi connectivity index (χ1n) is 7.99. The summed E-state index contributed by atoms with van der Waals surface area (Å²) < 4.78 is 3.79. The summed E-state index contributed by atoms with van der Waals surface area (Å²) in [4.78, 5) is 16.6. The van der Waals surface area contributed by atoms with Crippen molar-refractivity contribution in [2.24, 2.45) is 0 Å². The Hall–Kier alpha value is -2.89. The molecule has 6 nitrogen and oxygen atoms in total. The van der Waals surface area contributed by atoms with Gasteiger partial charge in [0.25, 0.3) is 5.91 Å². The Kier molecular flexibility index (Phi) is 4.46. The lowest BCUT2D eigenvalue weighted by Crippen LogP contribution is -2.17. The zero-order valence-electron chi connectivity index (χ0n) is 14.2. The molecule has 0 atom stereocenters. The molecule has 1 N–H and O–H groups in total. The molecular formula is C18H21N5O. The lowest BCUT2D eigenvalue weighted by Gasteiger charge is -2.09. The molecule has 2 aromatic heterocycles. The van der Waals surface area contributed by atoms with E-state index < -0.39 is 0 Å². The van der Waals surface area contributed by atoms with Crippen molar-refractivity contribution in [2.45, 2.75) is 33.9 Å². The molecule has 1 aromatic carbocycles. The molecule has 3 rings (SSSR count). The number of amides is 1. The summed E-state index contributed by atoms with van der Waals surface area (Å²) in [6.07, 6.45) is 3.75. The number of nitrogens with zero attached hydrogens (tertiary/aromatic N) is 4. The predicted molar refractivity (Wildman–Crippen MR) is 93.1 cm³/mol. The average Bonchev–Trinajstić information content (AvgIpc) is 3.15. The van der Waals surface area contributed by atoms with Gasteiger partial charge in [-0.2, -0.15) is 5.10 Å². The smallest absolute Gasteiger partial charge is 0.273 e. The highest BCUT2D eigenvalue weighted by molar-refractivity contribution is 6.03. The fraction of sp³-hybridized carbons (Fsp3) is 0.278. The number of carbonyl (C=O) groups is 1. The molecule has 0 spiro atoms. The van der Waals surface area contributed by atoms with Crippen LogP contribution in [0.5, 0.6) is 0 Å². The van der Waals surface area contributed by atoms with E-state index in [2.05, 4.69) is 20.0 Å². The van der Waals surface area contributed by atoms with Crippen LogP contribution in [0.2, 0.25) is 0 Å². The first kappa shape index (κ1) is 16.0. The van der Waals surface area contributed by atoms with Crippen molar-refractivity contribution < 1.29 is 4.79 Å². The predicted octanol–water partition coefficient (Wildman–Crippen LogP) is 3.02. The number of imidazole rings is 1. The first-order valence-corrected chi connectivity index (χ1v) is 7.99. The minimum atomic E-state index is -0.143. The van der Waals surface area contributed by atoms with Crippen LogP contribution in [0, 0.1) is 13.8 Å². The summed E-state index contributed by atoms with van der Waals surface area (Å²) in [6.45, 7) is 7.26. The fourth-order valence-electron chi connectivity index (χ4n) is 2.63. The molecule has 2 heterocycles. The molecule has 0 fully saturated rings. The summed E-state index contributed by atoms with van der Waals surface area (Å²) in [5, 5.41) is 7.23. The molecule has 1 amide bonds. The number of anilines is 1. The fourth-order valence-corrected chi connectivity index (χ4v) is 2.63. The van der Waals surface area contributed by atoms with Crippen molar-refractivity contribution in [1.29, 1.82) is 0 Å². The number of aryl methyl sites for hydroxylation is 3. The quantitative estimate of drug-likeness (QED) is 0.785. The molecule has 0 bridgehead atoms. The van der Waals surface area contributed by atoms with Crippen molar-refractivity contribution in [3.63, 3.8) is 0 Å². The molecule has 3 aromatic rings. The van der Waals surface area contributed by atoms with Crippen LogP contribution in [0.4, 0.5) is 5.69 Å². The summed E-state index contributed by atoms with van der Waals surface area (Å²) in [5.74, 6) is 0.839. The Labute approximate surface area is 141 Å². The minimum absolute atomic E-state index is 0.143. The minimum Gasteiger partial charge on any atom is -0.331 e. The molecule has 0 unspecified atom stereocenters. The Morgan fingerprint density at radius 3 is 2.58 bits per heavy atom. The average molecular weight is 323 g/mol. The van der Waals surface area contributed by atoms with Gasteiger partial charge in [0, 0.05) is 31.2 Å². The standard InChI is InChI=1S/C18H21N5O/c1-4-23-17(11-13(2)21-23)18(24)20-16-7-5-15(6-8-16)12-22-10-9-19-14(22)3/h5-11H,4,12H2,1-3H3,(H,20,24). The number of benzene rings is 1. The highest BCUT2D eigenvalue weighted by atomic mass is 16.2. The van der Waals surface area contributed by atoms with E-state index in [9.17, 15) is 4.79 Å². The van der Waals surface area contributed by atoms with Crippen LogP contribution in [0.15, 0.2) is 42.7 Å². The molecule has 0 aliphatic heterocycles. The van der Waals surface area contributed by atoms with Crippen LogP contribution in [0.1, 0.15) is 34.5 Å². The van der Waals surface area contributed by atoms with E-state index in [-0.39, 0.29) is 5.91 Å². The molecule has 0 aliphatic carbocycles. The maximum Gasteiger partial charge on any atom is 0.273 e. The second-order valence-electron chi connectivity index (χ2n) is 5.74. The molecule has 0 aliphatic rings. The zero-order valence-corrected chi connectivity index (χ0v) is 14.2. The van der Waals surface area contributed by atoms with Gasteiger partial charge in [0.15, 0.2) is 0 Å². The van der Waals surface area contributed by atoms with Gasteiger partial charge in [-0.1, -0.05) is 12.1 Å². The van der Waals surface area contributed by atoms with Gasteiger partial charge >= 0.3 is 0 Å². The van der Waals surface area contributed by atoms with Gasteiger partial charge < -0.3 is 9.88 Å². The maximum absolute atomic E-state index is 12.4. The summed E-state index contributed by atoms with van der Waals surface area (Å²) in [7, 11) is 0. The van der Waals surface area contributed by atoms with E-state index in [1.165, 1.54) is 0 Å². The van der Waals surface area contributed by atoms with Crippen LogP contribution < -0.4 is 5.32 Å². The number of hydrogen-bond donors (Lipinski definition) is 1. The van der Waals surface area contributed by atoms with Gasteiger partial charge in [-0.15, -0.1) is 0 Å². The monoisotopic (exact) mass is 323 g/mol. The van der Waals surface area contributed by atoms with E-state index in [1.807, 2.05) is 51.2 Å². The molecule has 0 radical (unpaired) electrons. The number of rotatable bonds is 5. The van der Waals surface area contributed by atoms with Crippen molar-refractivity contribution in [1.82, 2.24) is 19.3 Å². The highest BCUT2D eigenvalue weighted by Crippen LogP contribution is 2.14. The van der Waals surface area contributed by atoms with Crippen molar-refractivity contribution in [3.05, 3.63) is 65.5 Å². The number of carbonyl (C=O) groups excluding carboxylic acids is 1.